The molecule has 0 bridgehead atoms. The summed E-state index contributed by atoms with van der Waals surface area (Å²) in [5, 5.41) is 11.1. The first-order valence-electron chi connectivity index (χ1n) is 7.79. The Bertz CT molecular complexity index is 988. The van der Waals surface area contributed by atoms with E-state index in [2.05, 4.69) is 15.9 Å². The van der Waals surface area contributed by atoms with Gasteiger partial charge in [-0.1, -0.05) is 18.2 Å². The minimum atomic E-state index is -0.567. The van der Waals surface area contributed by atoms with E-state index in [0.29, 0.717) is 5.56 Å². The lowest BCUT2D eigenvalue weighted by atomic mass is 9.99. The number of halogens is 3. The molecule has 2 aromatic carbocycles. The number of aryl methyl sites for hydroxylation is 1. The average Bonchev–Trinajstić information content (AvgIpc) is 2.90. The largest absolute Gasteiger partial charge is 0.272 e. The van der Waals surface area contributed by atoms with Gasteiger partial charge < -0.3 is 0 Å². The maximum absolute atomic E-state index is 14.5. The van der Waals surface area contributed by atoms with Crippen molar-refractivity contribution < 1.29 is 13.7 Å². The molecule has 0 aliphatic heterocycles. The van der Waals surface area contributed by atoms with Crippen LogP contribution in [-0.4, -0.2) is 4.92 Å². The third-order valence-electron chi connectivity index (χ3n) is 4.05. The molecule has 3 rings (SSSR count). The van der Waals surface area contributed by atoms with E-state index < -0.39 is 16.6 Å². The van der Waals surface area contributed by atoms with Crippen molar-refractivity contribution in [3.63, 3.8) is 0 Å². The fraction of sp³-hybridized carbons (Fsp3) is 0.158. The number of hydrogen-bond acceptors (Lipinski definition) is 3. The molecule has 0 spiro atoms. The molecule has 3 nitrogen and oxygen atoms in total. The number of benzene rings is 2. The van der Waals surface area contributed by atoms with E-state index in [1.54, 1.807) is 29.5 Å². The van der Waals surface area contributed by atoms with Crippen LogP contribution >= 0.6 is 27.3 Å². The zero-order valence-electron chi connectivity index (χ0n) is 13.8. The number of thiophene rings is 1. The average molecular weight is 438 g/mol. The Hall–Kier alpha value is -2.12. The second-order valence-electron chi connectivity index (χ2n) is 5.93. The summed E-state index contributed by atoms with van der Waals surface area (Å²) in [7, 11) is 0. The molecule has 1 heterocycles. The fourth-order valence-electron chi connectivity index (χ4n) is 2.81. The quantitative estimate of drug-likeness (QED) is 0.352. The summed E-state index contributed by atoms with van der Waals surface area (Å²) in [6, 6.07) is 10.3. The zero-order valence-corrected chi connectivity index (χ0v) is 16.2. The number of nitro groups is 1. The van der Waals surface area contributed by atoms with Crippen molar-refractivity contribution in [2.75, 3.05) is 0 Å². The van der Waals surface area contributed by atoms with Gasteiger partial charge >= 0.3 is 0 Å². The van der Waals surface area contributed by atoms with E-state index >= 15 is 0 Å². The van der Waals surface area contributed by atoms with Gasteiger partial charge in [-0.25, -0.2) is 8.78 Å². The highest BCUT2D eigenvalue weighted by Crippen LogP contribution is 2.31. The van der Waals surface area contributed by atoms with Gasteiger partial charge in [0, 0.05) is 29.3 Å². The van der Waals surface area contributed by atoms with Crippen LogP contribution in [0.4, 0.5) is 14.5 Å². The SMILES string of the molecule is Cc1cc(Cc2cc(F)c(Cc3ccccc3[N+](=O)[O-])cc2F)c(Br)s1. The molecule has 0 aliphatic carbocycles. The molecule has 0 fully saturated rings. The van der Waals surface area contributed by atoms with E-state index in [1.165, 1.54) is 12.1 Å². The molecule has 7 heteroatoms. The highest BCUT2D eigenvalue weighted by molar-refractivity contribution is 9.11. The van der Waals surface area contributed by atoms with E-state index in [1.807, 2.05) is 13.0 Å². The van der Waals surface area contributed by atoms with Crippen molar-refractivity contribution >= 4 is 33.0 Å². The Labute approximate surface area is 161 Å². The van der Waals surface area contributed by atoms with Crippen molar-refractivity contribution in [3.8, 4) is 0 Å². The first kappa shape index (κ1) is 18.7. The highest BCUT2D eigenvalue weighted by atomic mass is 79.9. The zero-order chi connectivity index (χ0) is 18.8. The number of hydrogen-bond donors (Lipinski definition) is 0. The first-order chi connectivity index (χ1) is 12.3. The standard InChI is InChI=1S/C19H14BrF2NO2S/c1-11-6-15(19(20)26-11)8-14-10-16(21)13(9-17(14)22)7-12-4-2-3-5-18(12)23(24)25/h2-6,9-10H,7-8H2,1H3. The summed E-state index contributed by atoms with van der Waals surface area (Å²) in [6.45, 7) is 1.95. The number of nitrogens with zero attached hydrogens (tertiary/aromatic N) is 1. The predicted molar refractivity (Wildman–Crippen MR) is 102 cm³/mol. The Kier molecular flexibility index (Phi) is 5.48. The summed E-state index contributed by atoms with van der Waals surface area (Å²) in [5.74, 6) is -1.08. The normalized spacial score (nSPS) is 10.9. The van der Waals surface area contributed by atoms with Crippen LogP contribution in [0.3, 0.4) is 0 Å². The molecule has 0 saturated heterocycles. The monoisotopic (exact) mass is 437 g/mol. The molecule has 3 aromatic rings. The lowest BCUT2D eigenvalue weighted by Gasteiger charge is -2.09. The van der Waals surface area contributed by atoms with Crippen LogP contribution in [0.15, 0.2) is 46.3 Å². The molecule has 0 saturated carbocycles. The number of nitro benzene ring substituents is 1. The van der Waals surface area contributed by atoms with Crippen LogP contribution in [-0.2, 0) is 12.8 Å². The van der Waals surface area contributed by atoms with Crippen molar-refractivity contribution in [1.82, 2.24) is 0 Å². The summed E-state index contributed by atoms with van der Waals surface area (Å²) in [4.78, 5) is 11.7. The van der Waals surface area contributed by atoms with E-state index in [0.717, 1.165) is 20.3 Å². The van der Waals surface area contributed by atoms with E-state index in [4.69, 9.17) is 0 Å². The van der Waals surface area contributed by atoms with E-state index in [-0.39, 0.29) is 29.7 Å². The minimum Gasteiger partial charge on any atom is -0.258 e. The van der Waals surface area contributed by atoms with Gasteiger partial charge in [-0.3, -0.25) is 10.1 Å². The second kappa shape index (κ2) is 7.63. The van der Waals surface area contributed by atoms with Gasteiger partial charge in [-0.2, -0.15) is 0 Å². The van der Waals surface area contributed by atoms with Crippen LogP contribution in [0.25, 0.3) is 0 Å². The van der Waals surface area contributed by atoms with Gasteiger partial charge in [0.15, 0.2) is 0 Å². The van der Waals surface area contributed by atoms with Crippen molar-refractivity contribution in [2.45, 2.75) is 19.8 Å². The van der Waals surface area contributed by atoms with Gasteiger partial charge in [-0.15, -0.1) is 11.3 Å². The summed E-state index contributed by atoms with van der Waals surface area (Å²) < 4.78 is 29.9. The minimum absolute atomic E-state index is 0.0402. The van der Waals surface area contributed by atoms with Crippen LogP contribution < -0.4 is 0 Å². The third kappa shape index (κ3) is 3.99. The maximum atomic E-state index is 14.5. The summed E-state index contributed by atoms with van der Waals surface area (Å²) in [5.41, 5.74) is 1.50. The van der Waals surface area contributed by atoms with Gasteiger partial charge in [0.1, 0.15) is 11.6 Å². The topological polar surface area (TPSA) is 43.1 Å². The van der Waals surface area contributed by atoms with E-state index in [9.17, 15) is 18.9 Å². The Morgan fingerprint density at radius 2 is 1.58 bits per heavy atom. The Morgan fingerprint density at radius 3 is 2.12 bits per heavy atom. The van der Waals surface area contributed by atoms with Crippen LogP contribution in [0.1, 0.15) is 27.1 Å². The Morgan fingerprint density at radius 1 is 1.00 bits per heavy atom. The van der Waals surface area contributed by atoms with Gasteiger partial charge in [0.05, 0.1) is 8.71 Å². The molecule has 0 atom stereocenters. The van der Waals surface area contributed by atoms with Gasteiger partial charge in [0.2, 0.25) is 0 Å². The number of para-hydroxylation sites is 1. The lowest BCUT2D eigenvalue weighted by molar-refractivity contribution is -0.385. The molecular formula is C19H14BrF2NO2S. The molecule has 0 aliphatic rings. The fourth-order valence-corrected chi connectivity index (χ4v) is 4.57. The molecule has 0 unspecified atom stereocenters. The summed E-state index contributed by atoms with van der Waals surface area (Å²) >= 11 is 4.98. The number of rotatable bonds is 5. The molecule has 1 aromatic heterocycles. The molecule has 0 N–H and O–H groups in total. The second-order valence-corrected chi connectivity index (χ2v) is 8.50. The molecule has 0 amide bonds. The van der Waals surface area contributed by atoms with Crippen LogP contribution in [0.5, 0.6) is 0 Å². The molecule has 26 heavy (non-hydrogen) atoms. The maximum Gasteiger partial charge on any atom is 0.272 e. The third-order valence-corrected chi connectivity index (χ3v) is 5.92. The highest BCUT2D eigenvalue weighted by Gasteiger charge is 2.17. The van der Waals surface area contributed by atoms with Crippen LogP contribution in [0.2, 0.25) is 0 Å². The van der Waals surface area contributed by atoms with Gasteiger partial charge in [0.25, 0.3) is 5.69 Å². The molecule has 134 valence electrons. The smallest absolute Gasteiger partial charge is 0.258 e. The van der Waals surface area contributed by atoms with Crippen molar-refractivity contribution in [2.24, 2.45) is 0 Å². The Balaban J connectivity index is 1.91. The van der Waals surface area contributed by atoms with Crippen LogP contribution in [0, 0.1) is 28.7 Å². The molecule has 0 radical (unpaired) electrons. The van der Waals surface area contributed by atoms with Crippen molar-refractivity contribution in [1.29, 1.82) is 0 Å². The predicted octanol–water partition coefficient (Wildman–Crippen LogP) is 6.19. The van der Waals surface area contributed by atoms with Crippen molar-refractivity contribution in [3.05, 3.63) is 95.1 Å². The summed E-state index contributed by atoms with van der Waals surface area (Å²) in [6.07, 6.45) is 0.237. The molecular weight excluding hydrogens is 424 g/mol. The first-order valence-corrected chi connectivity index (χ1v) is 9.40. The van der Waals surface area contributed by atoms with Gasteiger partial charge in [-0.05, 0) is 57.7 Å². The lowest BCUT2D eigenvalue weighted by Crippen LogP contribution is -2.02.